The maximum absolute atomic E-state index is 12.7. The molecule has 35 heavy (non-hydrogen) atoms. The third-order valence-corrected chi connectivity index (χ3v) is 7.43. The second-order valence-corrected chi connectivity index (χ2v) is 9.92. The summed E-state index contributed by atoms with van der Waals surface area (Å²) in [5.41, 5.74) is 2.47. The van der Waals surface area contributed by atoms with Gasteiger partial charge in [0.05, 0.1) is 18.1 Å². The molecule has 1 aliphatic heterocycles. The van der Waals surface area contributed by atoms with Crippen molar-refractivity contribution in [1.82, 2.24) is 9.29 Å². The first-order valence-corrected chi connectivity index (χ1v) is 12.6. The largest absolute Gasteiger partial charge is 0.379 e. The maximum atomic E-state index is 12.7. The number of nitrogens with one attached hydrogen (secondary N) is 2. The molecule has 1 aliphatic rings. The molecule has 2 amide bonds. The van der Waals surface area contributed by atoms with Crippen LogP contribution >= 0.6 is 0 Å². The fourth-order valence-corrected chi connectivity index (χ4v) is 5.03. The van der Waals surface area contributed by atoms with Gasteiger partial charge in [-0.2, -0.15) is 4.31 Å². The summed E-state index contributed by atoms with van der Waals surface area (Å²) < 4.78 is 32.1. The van der Waals surface area contributed by atoms with E-state index in [4.69, 9.17) is 4.74 Å². The maximum Gasteiger partial charge on any atom is 0.255 e. The Kier molecular flexibility index (Phi) is 7.86. The van der Waals surface area contributed by atoms with Gasteiger partial charge in [-0.1, -0.05) is 18.2 Å². The summed E-state index contributed by atoms with van der Waals surface area (Å²) >= 11 is 0. The number of anilines is 2. The molecular weight excluding hydrogens is 468 g/mol. The molecule has 0 bridgehead atoms. The van der Waals surface area contributed by atoms with Gasteiger partial charge in [0.25, 0.3) is 5.91 Å². The average Bonchev–Trinajstić information content (AvgIpc) is 2.89. The molecule has 1 aromatic heterocycles. The van der Waals surface area contributed by atoms with E-state index in [0.29, 0.717) is 49.7 Å². The van der Waals surface area contributed by atoms with Crippen molar-refractivity contribution < 1.29 is 22.7 Å². The molecule has 9 nitrogen and oxygen atoms in total. The van der Waals surface area contributed by atoms with Crippen LogP contribution in [0.2, 0.25) is 0 Å². The molecule has 0 spiro atoms. The zero-order chi connectivity index (χ0) is 24.7. The van der Waals surface area contributed by atoms with Crippen LogP contribution < -0.4 is 10.6 Å². The van der Waals surface area contributed by atoms with Crippen molar-refractivity contribution in [2.45, 2.75) is 17.7 Å². The number of ether oxygens (including phenoxy) is 1. The van der Waals surface area contributed by atoms with E-state index in [0.717, 1.165) is 5.56 Å². The Balaban J connectivity index is 1.30. The highest BCUT2D eigenvalue weighted by Crippen LogP contribution is 2.19. The summed E-state index contributed by atoms with van der Waals surface area (Å²) in [7, 11) is -3.54. The summed E-state index contributed by atoms with van der Waals surface area (Å²) in [6, 6.07) is 16.8. The summed E-state index contributed by atoms with van der Waals surface area (Å²) in [4.78, 5) is 28.9. The molecule has 3 aromatic rings. The second-order valence-electron chi connectivity index (χ2n) is 7.98. The lowest BCUT2D eigenvalue weighted by atomic mass is 10.1. The zero-order valence-electron chi connectivity index (χ0n) is 19.0. The number of hydrogen-bond donors (Lipinski definition) is 2. The van der Waals surface area contributed by atoms with Gasteiger partial charge in [-0.25, -0.2) is 8.42 Å². The SMILES string of the molecule is O=C(CCc1ccc(S(=O)(=O)N2CCOCC2)cc1)Nc1cccc(NC(=O)c2ccncc2)c1. The van der Waals surface area contributed by atoms with Gasteiger partial charge in [-0.3, -0.25) is 14.6 Å². The fourth-order valence-electron chi connectivity index (χ4n) is 3.63. The standard InChI is InChI=1S/C25H26N4O5S/c30-24(27-21-2-1-3-22(18-21)28-25(31)20-10-12-26-13-11-20)9-6-19-4-7-23(8-5-19)35(32,33)29-14-16-34-17-15-29/h1-5,7-8,10-13,18H,6,9,14-17H2,(H,27,30)(H,28,31). The van der Waals surface area contributed by atoms with Gasteiger partial charge in [-0.15, -0.1) is 0 Å². The molecule has 2 heterocycles. The Morgan fingerprint density at radius 3 is 2.26 bits per heavy atom. The molecule has 0 unspecified atom stereocenters. The third kappa shape index (κ3) is 6.50. The van der Waals surface area contributed by atoms with Gasteiger partial charge < -0.3 is 15.4 Å². The number of amides is 2. The molecule has 2 aromatic carbocycles. The van der Waals surface area contributed by atoms with E-state index in [1.807, 2.05) is 0 Å². The van der Waals surface area contributed by atoms with Gasteiger partial charge in [0.15, 0.2) is 0 Å². The van der Waals surface area contributed by atoms with Crippen LogP contribution in [0.25, 0.3) is 0 Å². The Labute approximate surface area is 204 Å². The molecule has 1 saturated heterocycles. The fraction of sp³-hybridized carbons (Fsp3) is 0.240. The predicted octanol–water partition coefficient (Wildman–Crippen LogP) is 2.93. The number of aromatic nitrogens is 1. The summed E-state index contributed by atoms with van der Waals surface area (Å²) in [6.07, 6.45) is 3.77. The number of rotatable bonds is 8. The van der Waals surface area contributed by atoms with Gasteiger partial charge in [0.1, 0.15) is 0 Å². The van der Waals surface area contributed by atoms with Crippen LogP contribution in [0.3, 0.4) is 0 Å². The lowest BCUT2D eigenvalue weighted by Crippen LogP contribution is -2.40. The van der Waals surface area contributed by atoms with Crippen LogP contribution in [-0.4, -0.2) is 55.8 Å². The number of morpholine rings is 1. The first kappa shape index (κ1) is 24.5. The van der Waals surface area contributed by atoms with Crippen molar-refractivity contribution in [1.29, 1.82) is 0 Å². The quantitative estimate of drug-likeness (QED) is 0.497. The molecule has 2 N–H and O–H groups in total. The number of aryl methyl sites for hydroxylation is 1. The van der Waals surface area contributed by atoms with Crippen LogP contribution in [0, 0.1) is 0 Å². The number of sulfonamides is 1. The first-order valence-electron chi connectivity index (χ1n) is 11.2. The minimum Gasteiger partial charge on any atom is -0.379 e. The molecule has 0 atom stereocenters. The number of carbonyl (C=O) groups excluding carboxylic acids is 2. The summed E-state index contributed by atoms with van der Waals surface area (Å²) in [5, 5.41) is 5.62. The summed E-state index contributed by atoms with van der Waals surface area (Å²) in [5.74, 6) is -0.456. The van der Waals surface area contributed by atoms with Crippen LogP contribution in [-0.2, 0) is 26.0 Å². The third-order valence-electron chi connectivity index (χ3n) is 5.52. The molecule has 4 rings (SSSR count). The number of nitrogens with zero attached hydrogens (tertiary/aromatic N) is 2. The van der Waals surface area contributed by atoms with Crippen molar-refractivity contribution in [2.24, 2.45) is 0 Å². The molecule has 182 valence electrons. The van der Waals surface area contributed by atoms with Crippen molar-refractivity contribution >= 4 is 33.2 Å². The van der Waals surface area contributed by atoms with Gasteiger partial charge in [0, 0.05) is 48.8 Å². The molecule has 0 aliphatic carbocycles. The monoisotopic (exact) mass is 494 g/mol. The zero-order valence-corrected chi connectivity index (χ0v) is 19.8. The van der Waals surface area contributed by atoms with E-state index < -0.39 is 10.0 Å². The lowest BCUT2D eigenvalue weighted by Gasteiger charge is -2.26. The number of hydrogen-bond acceptors (Lipinski definition) is 6. The van der Waals surface area contributed by atoms with Crippen LogP contribution in [0.15, 0.2) is 78.0 Å². The van der Waals surface area contributed by atoms with E-state index in [1.165, 1.54) is 4.31 Å². The van der Waals surface area contributed by atoms with Gasteiger partial charge in [0.2, 0.25) is 15.9 Å². The van der Waals surface area contributed by atoms with Crippen LogP contribution in [0.4, 0.5) is 11.4 Å². The molecule has 0 saturated carbocycles. The topological polar surface area (TPSA) is 118 Å². The van der Waals surface area contributed by atoms with Crippen LogP contribution in [0.1, 0.15) is 22.3 Å². The normalized spacial score (nSPS) is 14.3. The first-order chi connectivity index (χ1) is 16.9. The molecule has 10 heteroatoms. The Morgan fingerprint density at radius 1 is 0.914 bits per heavy atom. The second kappa shape index (κ2) is 11.2. The van der Waals surface area contributed by atoms with Crippen molar-refractivity contribution in [3.8, 4) is 0 Å². The lowest BCUT2D eigenvalue weighted by molar-refractivity contribution is -0.116. The minimum atomic E-state index is -3.54. The van der Waals surface area contributed by atoms with E-state index >= 15 is 0 Å². The average molecular weight is 495 g/mol. The van der Waals surface area contributed by atoms with E-state index in [-0.39, 0.29) is 23.1 Å². The van der Waals surface area contributed by atoms with Gasteiger partial charge >= 0.3 is 0 Å². The number of pyridine rings is 1. The smallest absolute Gasteiger partial charge is 0.255 e. The molecular formula is C25H26N4O5S. The van der Waals surface area contributed by atoms with E-state index in [9.17, 15) is 18.0 Å². The Hall–Kier alpha value is -3.60. The van der Waals surface area contributed by atoms with Crippen molar-refractivity contribution in [3.63, 3.8) is 0 Å². The molecule has 0 radical (unpaired) electrons. The highest BCUT2D eigenvalue weighted by atomic mass is 32.2. The van der Waals surface area contributed by atoms with Crippen molar-refractivity contribution in [3.05, 3.63) is 84.2 Å². The number of benzene rings is 2. The highest BCUT2D eigenvalue weighted by Gasteiger charge is 2.26. The predicted molar refractivity (Wildman–Crippen MR) is 132 cm³/mol. The van der Waals surface area contributed by atoms with Gasteiger partial charge in [-0.05, 0) is 54.4 Å². The number of carbonyl (C=O) groups is 2. The highest BCUT2D eigenvalue weighted by molar-refractivity contribution is 7.89. The van der Waals surface area contributed by atoms with E-state index in [1.54, 1.807) is 73.1 Å². The van der Waals surface area contributed by atoms with Crippen molar-refractivity contribution in [2.75, 3.05) is 36.9 Å². The van der Waals surface area contributed by atoms with Crippen LogP contribution in [0.5, 0.6) is 0 Å². The Morgan fingerprint density at radius 2 is 1.57 bits per heavy atom. The Bertz CT molecular complexity index is 1270. The van der Waals surface area contributed by atoms with E-state index in [2.05, 4.69) is 15.6 Å². The molecule has 1 fully saturated rings. The minimum absolute atomic E-state index is 0.187. The summed E-state index contributed by atoms with van der Waals surface area (Å²) in [6.45, 7) is 1.48.